The van der Waals surface area contributed by atoms with Gasteiger partial charge in [0.25, 0.3) is 0 Å². The number of rotatable bonds is 2. The molecule has 1 unspecified atom stereocenters. The molecule has 2 heteroatoms. The number of halogens is 1. The third kappa shape index (κ3) is 2.53. The summed E-state index contributed by atoms with van der Waals surface area (Å²) in [6.45, 7) is 3.93. The van der Waals surface area contributed by atoms with Crippen molar-refractivity contribution in [2.75, 3.05) is 0 Å². The third-order valence-corrected chi connectivity index (χ3v) is 2.95. The van der Waals surface area contributed by atoms with Crippen LogP contribution < -0.4 is 5.73 Å². The lowest BCUT2D eigenvalue weighted by Crippen LogP contribution is -2.04. The maximum Gasteiger partial charge on any atom is 0.123 e. The number of hydrogen-bond donors (Lipinski definition) is 1. The number of hydrogen-bond acceptors (Lipinski definition) is 1. The van der Waals surface area contributed by atoms with Gasteiger partial charge >= 0.3 is 0 Å². The molecule has 0 aliphatic heterocycles. The summed E-state index contributed by atoms with van der Waals surface area (Å²) in [7, 11) is 0. The van der Waals surface area contributed by atoms with Crippen molar-refractivity contribution >= 4 is 0 Å². The smallest absolute Gasteiger partial charge is 0.123 e. The predicted octanol–water partition coefficient (Wildman–Crippen LogP) is 3.82. The Hall–Kier alpha value is -1.67. The quantitative estimate of drug-likeness (QED) is 0.832. The van der Waals surface area contributed by atoms with Gasteiger partial charge in [-0.05, 0) is 48.2 Å². The minimum atomic E-state index is -0.207. The monoisotopic (exact) mass is 229 g/mol. The van der Waals surface area contributed by atoms with Crippen LogP contribution in [-0.2, 0) is 0 Å². The molecule has 0 amide bonds. The van der Waals surface area contributed by atoms with Crippen molar-refractivity contribution in [2.24, 2.45) is 5.73 Å². The molecule has 0 saturated carbocycles. The Kier molecular flexibility index (Phi) is 3.25. The van der Waals surface area contributed by atoms with E-state index in [1.807, 2.05) is 38.1 Å². The van der Waals surface area contributed by atoms with Crippen molar-refractivity contribution in [1.29, 1.82) is 0 Å². The molecule has 2 rings (SSSR count). The molecule has 0 aliphatic carbocycles. The lowest BCUT2D eigenvalue weighted by Gasteiger charge is -2.09. The molecule has 0 spiro atoms. The summed E-state index contributed by atoms with van der Waals surface area (Å²) in [5, 5.41) is 0. The van der Waals surface area contributed by atoms with Gasteiger partial charge in [0.15, 0.2) is 0 Å². The molecule has 0 fully saturated rings. The van der Waals surface area contributed by atoms with E-state index in [4.69, 9.17) is 5.73 Å². The molecule has 0 aromatic heterocycles. The maximum atomic E-state index is 13.2. The second kappa shape index (κ2) is 4.68. The molecular formula is C15H16FN. The van der Waals surface area contributed by atoms with Gasteiger partial charge in [-0.1, -0.05) is 30.3 Å². The minimum absolute atomic E-state index is 0.0256. The molecule has 0 heterocycles. The van der Waals surface area contributed by atoms with Crippen LogP contribution >= 0.6 is 0 Å². The zero-order valence-electron chi connectivity index (χ0n) is 10.1. The Morgan fingerprint density at radius 3 is 2.29 bits per heavy atom. The maximum absolute atomic E-state index is 13.2. The van der Waals surface area contributed by atoms with Gasteiger partial charge in [-0.15, -0.1) is 0 Å². The van der Waals surface area contributed by atoms with Crippen LogP contribution in [0.5, 0.6) is 0 Å². The molecule has 2 N–H and O–H groups in total. The SMILES string of the molecule is Cc1ccc(F)cc1-c1ccc(C(C)N)cc1. The molecule has 2 aromatic carbocycles. The standard InChI is InChI=1S/C15H16FN/c1-10-3-8-14(16)9-15(10)13-6-4-12(5-7-13)11(2)17/h3-9,11H,17H2,1-2H3. The van der Waals surface area contributed by atoms with Crippen molar-refractivity contribution in [3.63, 3.8) is 0 Å². The first-order chi connectivity index (χ1) is 8.08. The zero-order chi connectivity index (χ0) is 12.4. The van der Waals surface area contributed by atoms with Gasteiger partial charge in [0, 0.05) is 6.04 Å². The van der Waals surface area contributed by atoms with Crippen LogP contribution in [-0.4, -0.2) is 0 Å². The molecule has 0 radical (unpaired) electrons. The highest BCUT2D eigenvalue weighted by Crippen LogP contribution is 2.25. The van der Waals surface area contributed by atoms with Crippen LogP contribution in [0.1, 0.15) is 24.1 Å². The summed E-state index contributed by atoms with van der Waals surface area (Å²) >= 11 is 0. The Morgan fingerprint density at radius 1 is 1.06 bits per heavy atom. The highest BCUT2D eigenvalue weighted by atomic mass is 19.1. The van der Waals surface area contributed by atoms with Crippen LogP contribution in [0.25, 0.3) is 11.1 Å². The van der Waals surface area contributed by atoms with Gasteiger partial charge in [-0.25, -0.2) is 4.39 Å². The highest BCUT2D eigenvalue weighted by Gasteiger charge is 2.04. The van der Waals surface area contributed by atoms with E-state index in [0.717, 1.165) is 22.3 Å². The van der Waals surface area contributed by atoms with E-state index in [2.05, 4.69) is 0 Å². The summed E-state index contributed by atoms with van der Waals surface area (Å²) in [5.74, 6) is -0.207. The van der Waals surface area contributed by atoms with Crippen LogP contribution in [0.3, 0.4) is 0 Å². The van der Waals surface area contributed by atoms with E-state index >= 15 is 0 Å². The average molecular weight is 229 g/mol. The Bertz CT molecular complexity index is 515. The van der Waals surface area contributed by atoms with Crippen LogP contribution in [0.4, 0.5) is 4.39 Å². The zero-order valence-corrected chi connectivity index (χ0v) is 10.1. The Morgan fingerprint density at radius 2 is 1.71 bits per heavy atom. The molecule has 88 valence electrons. The van der Waals surface area contributed by atoms with Crippen molar-refractivity contribution in [2.45, 2.75) is 19.9 Å². The molecule has 0 saturated heterocycles. The second-order valence-corrected chi connectivity index (χ2v) is 4.37. The molecule has 17 heavy (non-hydrogen) atoms. The fourth-order valence-electron chi connectivity index (χ4n) is 1.87. The predicted molar refractivity (Wildman–Crippen MR) is 69.2 cm³/mol. The Labute approximate surface area is 101 Å². The van der Waals surface area contributed by atoms with E-state index < -0.39 is 0 Å². The lowest BCUT2D eigenvalue weighted by atomic mass is 9.98. The molecular weight excluding hydrogens is 213 g/mol. The average Bonchev–Trinajstić information content (AvgIpc) is 2.32. The van der Waals surface area contributed by atoms with Gasteiger partial charge < -0.3 is 5.73 Å². The van der Waals surface area contributed by atoms with E-state index in [9.17, 15) is 4.39 Å². The van der Waals surface area contributed by atoms with Crippen LogP contribution in [0, 0.1) is 12.7 Å². The summed E-state index contributed by atoms with van der Waals surface area (Å²) in [4.78, 5) is 0. The minimum Gasteiger partial charge on any atom is -0.324 e. The third-order valence-electron chi connectivity index (χ3n) is 2.95. The summed E-state index contributed by atoms with van der Waals surface area (Å²) < 4.78 is 13.2. The molecule has 1 nitrogen and oxygen atoms in total. The first-order valence-corrected chi connectivity index (χ1v) is 5.70. The summed E-state index contributed by atoms with van der Waals surface area (Å²) in [6, 6.07) is 12.8. The topological polar surface area (TPSA) is 26.0 Å². The summed E-state index contributed by atoms with van der Waals surface area (Å²) in [5.41, 5.74) is 9.90. The summed E-state index contributed by atoms with van der Waals surface area (Å²) in [6.07, 6.45) is 0. The molecule has 0 aliphatic rings. The normalized spacial score (nSPS) is 12.5. The van der Waals surface area contributed by atoms with E-state index in [1.54, 1.807) is 12.1 Å². The number of benzene rings is 2. The Balaban J connectivity index is 2.43. The molecule has 1 atom stereocenters. The van der Waals surface area contributed by atoms with Gasteiger partial charge in [0.2, 0.25) is 0 Å². The van der Waals surface area contributed by atoms with Crippen molar-refractivity contribution in [3.05, 3.63) is 59.4 Å². The van der Waals surface area contributed by atoms with Crippen molar-refractivity contribution in [1.82, 2.24) is 0 Å². The van der Waals surface area contributed by atoms with Crippen LogP contribution in [0.15, 0.2) is 42.5 Å². The van der Waals surface area contributed by atoms with Gasteiger partial charge in [-0.2, -0.15) is 0 Å². The fourth-order valence-corrected chi connectivity index (χ4v) is 1.87. The molecule has 0 bridgehead atoms. The number of nitrogens with two attached hydrogens (primary N) is 1. The van der Waals surface area contributed by atoms with Gasteiger partial charge in [-0.3, -0.25) is 0 Å². The van der Waals surface area contributed by atoms with E-state index in [0.29, 0.717) is 0 Å². The van der Waals surface area contributed by atoms with Gasteiger partial charge in [0.1, 0.15) is 5.82 Å². The van der Waals surface area contributed by atoms with Crippen LogP contribution in [0.2, 0.25) is 0 Å². The largest absolute Gasteiger partial charge is 0.324 e. The fraction of sp³-hybridized carbons (Fsp3) is 0.200. The van der Waals surface area contributed by atoms with E-state index in [1.165, 1.54) is 6.07 Å². The molecule has 2 aromatic rings. The van der Waals surface area contributed by atoms with Gasteiger partial charge in [0.05, 0.1) is 0 Å². The second-order valence-electron chi connectivity index (χ2n) is 4.37. The first kappa shape index (κ1) is 11.8. The highest BCUT2D eigenvalue weighted by molar-refractivity contribution is 5.67. The van der Waals surface area contributed by atoms with Crippen molar-refractivity contribution in [3.8, 4) is 11.1 Å². The van der Waals surface area contributed by atoms with Crippen molar-refractivity contribution < 1.29 is 4.39 Å². The first-order valence-electron chi connectivity index (χ1n) is 5.70. The lowest BCUT2D eigenvalue weighted by molar-refractivity contribution is 0.628. The van der Waals surface area contributed by atoms with E-state index in [-0.39, 0.29) is 11.9 Å². The number of aryl methyl sites for hydroxylation is 1.